The number of carbonyl (C=O) groups excluding carboxylic acids is 1. The van der Waals surface area contributed by atoms with E-state index in [2.05, 4.69) is 5.32 Å². The number of nitrogens with one attached hydrogen (secondary N) is 1. The average molecular weight is 207 g/mol. The number of alkyl halides is 3. The predicted molar refractivity (Wildman–Crippen MR) is 40.0 cm³/mol. The molecule has 0 spiro atoms. The van der Waals surface area contributed by atoms with Crippen LogP contribution in [0.5, 0.6) is 0 Å². The van der Waals surface area contributed by atoms with Crippen LogP contribution in [0.2, 0.25) is 0 Å². The summed E-state index contributed by atoms with van der Waals surface area (Å²) in [4.78, 5) is 11.4. The van der Waals surface area contributed by atoms with Crippen LogP contribution in [-0.2, 0) is 4.79 Å². The van der Waals surface area contributed by atoms with Crippen molar-refractivity contribution in [3.8, 4) is 6.07 Å². The van der Waals surface area contributed by atoms with E-state index in [0.29, 0.717) is 4.90 Å². The Morgan fingerprint density at radius 1 is 1.57 bits per heavy atom. The highest BCUT2D eigenvalue weighted by molar-refractivity contribution is 5.82. The lowest BCUT2D eigenvalue weighted by Crippen LogP contribution is -2.56. The minimum Gasteiger partial charge on any atom is -0.316 e. The number of halogens is 3. The number of nitrogens with zero attached hydrogens (tertiary/aromatic N) is 2. The van der Waals surface area contributed by atoms with Crippen LogP contribution < -0.4 is 5.32 Å². The van der Waals surface area contributed by atoms with E-state index in [4.69, 9.17) is 5.26 Å². The van der Waals surface area contributed by atoms with Gasteiger partial charge in [-0.25, -0.2) is 0 Å². The molecule has 78 valence electrons. The van der Waals surface area contributed by atoms with Gasteiger partial charge in [-0.2, -0.15) is 18.4 Å². The molecule has 1 heterocycles. The van der Waals surface area contributed by atoms with Gasteiger partial charge in [0.15, 0.2) is 0 Å². The molecule has 14 heavy (non-hydrogen) atoms. The van der Waals surface area contributed by atoms with Crippen molar-refractivity contribution in [3.05, 3.63) is 0 Å². The molecule has 4 nitrogen and oxygen atoms in total. The Morgan fingerprint density at radius 2 is 2.21 bits per heavy atom. The van der Waals surface area contributed by atoms with Gasteiger partial charge in [-0.05, 0) is 0 Å². The Hall–Kier alpha value is -1.29. The molecule has 1 aliphatic heterocycles. The third-order valence-corrected chi connectivity index (χ3v) is 1.90. The Bertz CT molecular complexity index is 270. The first-order valence-corrected chi connectivity index (χ1v) is 3.95. The van der Waals surface area contributed by atoms with Crippen molar-refractivity contribution in [1.29, 1.82) is 5.26 Å². The average Bonchev–Trinajstić information content (AvgIpc) is 2.15. The zero-order chi connectivity index (χ0) is 10.8. The molecule has 0 aromatic rings. The van der Waals surface area contributed by atoms with Gasteiger partial charge in [0.1, 0.15) is 6.04 Å². The topological polar surface area (TPSA) is 56.1 Å². The van der Waals surface area contributed by atoms with Gasteiger partial charge in [0.25, 0.3) is 0 Å². The summed E-state index contributed by atoms with van der Waals surface area (Å²) in [6.45, 7) is 0.273. The van der Waals surface area contributed by atoms with E-state index in [1.54, 1.807) is 6.07 Å². The molecule has 0 saturated carbocycles. The fraction of sp³-hybridized carbons (Fsp3) is 0.714. The SMILES string of the molecule is N#CC1CNCCN1C(=O)C(F)(F)F. The number of rotatable bonds is 0. The van der Waals surface area contributed by atoms with E-state index in [1.807, 2.05) is 0 Å². The van der Waals surface area contributed by atoms with Crippen molar-refractivity contribution in [2.45, 2.75) is 12.2 Å². The number of amides is 1. The van der Waals surface area contributed by atoms with Crippen LogP contribution in [0.3, 0.4) is 0 Å². The molecule has 1 fully saturated rings. The van der Waals surface area contributed by atoms with Crippen molar-refractivity contribution in [1.82, 2.24) is 10.2 Å². The summed E-state index contributed by atoms with van der Waals surface area (Å²) < 4.78 is 36.1. The second kappa shape index (κ2) is 3.84. The summed E-state index contributed by atoms with van der Waals surface area (Å²) in [6.07, 6.45) is -4.90. The van der Waals surface area contributed by atoms with Gasteiger partial charge in [0, 0.05) is 19.6 Å². The Balaban J connectivity index is 2.75. The number of hydrogen-bond donors (Lipinski definition) is 1. The molecule has 1 rings (SSSR count). The van der Waals surface area contributed by atoms with E-state index in [9.17, 15) is 18.0 Å². The molecular weight excluding hydrogens is 199 g/mol. The summed E-state index contributed by atoms with van der Waals surface area (Å²) in [7, 11) is 0. The molecule has 0 bridgehead atoms. The number of carbonyl (C=O) groups is 1. The van der Waals surface area contributed by atoms with Crippen LogP contribution in [-0.4, -0.2) is 42.7 Å². The van der Waals surface area contributed by atoms with Crippen LogP contribution >= 0.6 is 0 Å². The van der Waals surface area contributed by atoms with Gasteiger partial charge in [0.2, 0.25) is 0 Å². The monoisotopic (exact) mass is 207 g/mol. The third-order valence-electron chi connectivity index (χ3n) is 1.90. The fourth-order valence-electron chi connectivity index (χ4n) is 1.23. The fourth-order valence-corrected chi connectivity index (χ4v) is 1.23. The largest absolute Gasteiger partial charge is 0.471 e. The number of hydrogen-bond acceptors (Lipinski definition) is 3. The molecule has 0 radical (unpaired) electrons. The maximum Gasteiger partial charge on any atom is 0.471 e. The van der Waals surface area contributed by atoms with Gasteiger partial charge in [-0.1, -0.05) is 0 Å². The van der Waals surface area contributed by atoms with Crippen molar-refractivity contribution >= 4 is 5.91 Å². The Morgan fingerprint density at radius 3 is 2.71 bits per heavy atom. The summed E-state index contributed by atoms with van der Waals surface area (Å²) in [6, 6.07) is 0.620. The van der Waals surface area contributed by atoms with Crippen molar-refractivity contribution in [2.75, 3.05) is 19.6 Å². The van der Waals surface area contributed by atoms with E-state index in [1.165, 1.54) is 0 Å². The van der Waals surface area contributed by atoms with E-state index in [-0.39, 0.29) is 19.6 Å². The summed E-state index contributed by atoms with van der Waals surface area (Å²) in [5.41, 5.74) is 0. The molecule has 1 atom stereocenters. The van der Waals surface area contributed by atoms with E-state index in [0.717, 1.165) is 0 Å². The zero-order valence-corrected chi connectivity index (χ0v) is 7.14. The quantitative estimate of drug-likeness (QED) is 0.602. The lowest BCUT2D eigenvalue weighted by atomic mass is 10.2. The lowest BCUT2D eigenvalue weighted by Gasteiger charge is -2.32. The Kier molecular flexibility index (Phi) is 2.96. The predicted octanol–water partition coefficient (Wildman–Crippen LogP) is -0.127. The molecule has 1 saturated heterocycles. The summed E-state index contributed by atoms with van der Waals surface area (Å²) in [5, 5.41) is 11.3. The minimum absolute atomic E-state index is 0.0817. The molecule has 1 amide bonds. The van der Waals surface area contributed by atoms with Crippen LogP contribution in [0.1, 0.15) is 0 Å². The van der Waals surface area contributed by atoms with E-state index < -0.39 is 18.1 Å². The number of piperazine rings is 1. The highest BCUT2D eigenvalue weighted by Crippen LogP contribution is 2.20. The first kappa shape index (κ1) is 10.8. The Labute approximate surface area is 78.3 Å². The summed E-state index contributed by atoms with van der Waals surface area (Å²) >= 11 is 0. The minimum atomic E-state index is -4.90. The normalized spacial score (nSPS) is 23.0. The maximum absolute atomic E-state index is 12.0. The van der Waals surface area contributed by atoms with Gasteiger partial charge in [0.05, 0.1) is 6.07 Å². The second-order valence-electron chi connectivity index (χ2n) is 2.85. The van der Waals surface area contributed by atoms with Crippen molar-refractivity contribution in [2.24, 2.45) is 0 Å². The smallest absolute Gasteiger partial charge is 0.316 e. The zero-order valence-electron chi connectivity index (χ0n) is 7.14. The summed E-state index contributed by atoms with van der Waals surface area (Å²) in [5.74, 6) is -1.94. The lowest BCUT2D eigenvalue weighted by molar-refractivity contribution is -0.187. The first-order chi connectivity index (χ1) is 6.46. The van der Waals surface area contributed by atoms with Crippen molar-refractivity contribution < 1.29 is 18.0 Å². The van der Waals surface area contributed by atoms with Crippen LogP contribution in [0, 0.1) is 11.3 Å². The highest BCUT2D eigenvalue weighted by atomic mass is 19.4. The first-order valence-electron chi connectivity index (χ1n) is 3.95. The maximum atomic E-state index is 12.0. The van der Waals surface area contributed by atoms with Crippen LogP contribution in [0.15, 0.2) is 0 Å². The molecule has 7 heteroatoms. The molecular formula is C7H8F3N3O. The van der Waals surface area contributed by atoms with Crippen LogP contribution in [0.25, 0.3) is 0 Å². The van der Waals surface area contributed by atoms with Gasteiger partial charge < -0.3 is 10.2 Å². The molecule has 1 aliphatic rings. The van der Waals surface area contributed by atoms with Gasteiger partial charge in [-0.15, -0.1) is 0 Å². The highest BCUT2D eigenvalue weighted by Gasteiger charge is 2.45. The second-order valence-corrected chi connectivity index (χ2v) is 2.85. The van der Waals surface area contributed by atoms with Gasteiger partial charge >= 0.3 is 12.1 Å². The molecule has 1 N–H and O–H groups in total. The number of nitriles is 1. The molecule has 0 aromatic heterocycles. The molecule has 1 unspecified atom stereocenters. The third kappa shape index (κ3) is 2.14. The van der Waals surface area contributed by atoms with Gasteiger partial charge in [-0.3, -0.25) is 4.79 Å². The van der Waals surface area contributed by atoms with Crippen LogP contribution in [0.4, 0.5) is 13.2 Å². The standard InChI is InChI=1S/C7H8F3N3O/c8-7(9,10)6(14)13-2-1-12-4-5(13)3-11/h5,12H,1-2,4H2. The van der Waals surface area contributed by atoms with Crippen molar-refractivity contribution in [3.63, 3.8) is 0 Å². The molecule has 0 aromatic carbocycles. The van der Waals surface area contributed by atoms with E-state index >= 15 is 0 Å². The molecule has 0 aliphatic carbocycles.